The molecule has 0 saturated heterocycles. The van der Waals surface area contributed by atoms with Gasteiger partial charge in [-0.25, -0.2) is 4.79 Å². The fourth-order valence-corrected chi connectivity index (χ4v) is 6.34. The van der Waals surface area contributed by atoms with Crippen molar-refractivity contribution in [3.8, 4) is 11.1 Å². The van der Waals surface area contributed by atoms with Gasteiger partial charge in [-0.05, 0) is 60.3 Å². The summed E-state index contributed by atoms with van der Waals surface area (Å²) in [6.45, 7) is 0.269. The van der Waals surface area contributed by atoms with E-state index in [2.05, 4.69) is 34.9 Å². The summed E-state index contributed by atoms with van der Waals surface area (Å²) in [5.74, 6) is -0.677. The van der Waals surface area contributed by atoms with E-state index in [9.17, 15) is 19.5 Å². The van der Waals surface area contributed by atoms with Crippen molar-refractivity contribution in [1.29, 1.82) is 0 Å². The number of benzene rings is 2. The maximum absolute atomic E-state index is 12.5. The Morgan fingerprint density at radius 2 is 1.53 bits per heavy atom. The highest BCUT2D eigenvalue weighted by Gasteiger charge is 2.65. The number of alkyl carbamates (subject to hydrolysis) is 1. The van der Waals surface area contributed by atoms with Crippen molar-refractivity contribution in [2.45, 2.75) is 50.1 Å². The van der Waals surface area contributed by atoms with Crippen LogP contribution in [-0.4, -0.2) is 41.8 Å². The molecular formula is C27H28N2O5. The lowest BCUT2D eigenvalue weighted by atomic mass is 9.79. The van der Waals surface area contributed by atoms with E-state index >= 15 is 0 Å². The van der Waals surface area contributed by atoms with Gasteiger partial charge in [-0.3, -0.25) is 9.59 Å². The number of hydrogen-bond acceptors (Lipinski definition) is 4. The highest BCUT2D eigenvalue weighted by molar-refractivity contribution is 5.82. The topological polar surface area (TPSA) is 105 Å². The van der Waals surface area contributed by atoms with Gasteiger partial charge in [0.1, 0.15) is 6.61 Å². The van der Waals surface area contributed by atoms with Crippen molar-refractivity contribution in [1.82, 2.24) is 10.6 Å². The molecule has 7 heteroatoms. The quantitative estimate of drug-likeness (QED) is 0.610. The van der Waals surface area contributed by atoms with Crippen LogP contribution >= 0.6 is 0 Å². The van der Waals surface area contributed by atoms with Crippen molar-refractivity contribution in [2.24, 2.45) is 17.3 Å². The lowest BCUT2D eigenvalue weighted by molar-refractivity contribution is -0.144. The Balaban J connectivity index is 0.967. The molecule has 3 atom stereocenters. The predicted octanol–water partition coefficient (Wildman–Crippen LogP) is 3.67. The fraction of sp³-hybridized carbons (Fsp3) is 0.444. The summed E-state index contributed by atoms with van der Waals surface area (Å²) in [6.07, 6.45) is 2.74. The van der Waals surface area contributed by atoms with Gasteiger partial charge in [0.25, 0.3) is 0 Å². The van der Waals surface area contributed by atoms with Gasteiger partial charge in [0, 0.05) is 23.9 Å². The maximum Gasteiger partial charge on any atom is 0.407 e. The van der Waals surface area contributed by atoms with Crippen LogP contribution in [0.3, 0.4) is 0 Å². The van der Waals surface area contributed by atoms with E-state index in [1.165, 1.54) is 22.3 Å². The van der Waals surface area contributed by atoms with Gasteiger partial charge >= 0.3 is 12.1 Å². The van der Waals surface area contributed by atoms with Crippen LogP contribution in [0.1, 0.15) is 49.1 Å². The van der Waals surface area contributed by atoms with Crippen LogP contribution in [0.2, 0.25) is 0 Å². The molecule has 2 aromatic carbocycles. The third-order valence-corrected chi connectivity index (χ3v) is 8.36. The number of ether oxygens (including phenoxy) is 1. The van der Waals surface area contributed by atoms with Crippen LogP contribution in [0.5, 0.6) is 0 Å². The van der Waals surface area contributed by atoms with Crippen molar-refractivity contribution >= 4 is 18.0 Å². The summed E-state index contributed by atoms with van der Waals surface area (Å²) < 4.78 is 5.59. The van der Waals surface area contributed by atoms with E-state index in [1.54, 1.807) is 0 Å². The zero-order valence-corrected chi connectivity index (χ0v) is 18.8. The molecule has 0 aromatic heterocycles. The normalized spacial score (nSPS) is 30.4. The smallest absolute Gasteiger partial charge is 0.407 e. The molecule has 3 saturated carbocycles. The summed E-state index contributed by atoms with van der Waals surface area (Å²) in [4.78, 5) is 36.4. The Labute approximate surface area is 197 Å². The van der Waals surface area contributed by atoms with E-state index in [0.717, 1.165) is 12.8 Å². The molecule has 4 aliphatic carbocycles. The summed E-state index contributed by atoms with van der Waals surface area (Å²) in [6, 6.07) is 16.3. The number of carboxylic acids is 1. The number of carbonyl (C=O) groups excluding carboxylic acids is 2. The van der Waals surface area contributed by atoms with E-state index in [1.807, 2.05) is 24.3 Å². The van der Waals surface area contributed by atoms with E-state index in [0.29, 0.717) is 19.3 Å². The molecule has 0 heterocycles. The summed E-state index contributed by atoms with van der Waals surface area (Å²) >= 11 is 0. The molecule has 6 rings (SSSR count). The van der Waals surface area contributed by atoms with Gasteiger partial charge in [-0.15, -0.1) is 0 Å². The Morgan fingerprint density at radius 3 is 2.15 bits per heavy atom. The molecule has 3 N–H and O–H groups in total. The largest absolute Gasteiger partial charge is 0.481 e. The summed E-state index contributed by atoms with van der Waals surface area (Å²) in [5, 5.41) is 15.3. The van der Waals surface area contributed by atoms with Gasteiger partial charge < -0.3 is 20.5 Å². The third-order valence-electron chi connectivity index (χ3n) is 8.36. The first-order chi connectivity index (χ1) is 16.4. The average Bonchev–Trinajstić information content (AvgIpc) is 3.23. The van der Waals surface area contributed by atoms with Gasteiger partial charge in [-0.1, -0.05) is 48.5 Å². The maximum atomic E-state index is 12.5. The minimum Gasteiger partial charge on any atom is -0.481 e. The number of amides is 2. The Kier molecular flexibility index (Phi) is 4.90. The van der Waals surface area contributed by atoms with Crippen LogP contribution in [0.4, 0.5) is 4.79 Å². The number of carboxylic acid groups (broad SMARTS) is 1. The number of fused-ring (bicyclic) bond motifs is 4. The molecule has 2 amide bonds. The third kappa shape index (κ3) is 3.45. The highest BCUT2D eigenvalue weighted by atomic mass is 16.5. The minimum absolute atomic E-state index is 0.0183. The lowest BCUT2D eigenvalue weighted by Gasteiger charge is -2.35. The van der Waals surface area contributed by atoms with Gasteiger partial charge in [0.2, 0.25) is 5.91 Å². The van der Waals surface area contributed by atoms with Crippen molar-refractivity contribution in [3.05, 3.63) is 59.7 Å². The summed E-state index contributed by atoms with van der Waals surface area (Å²) in [7, 11) is 0. The van der Waals surface area contributed by atoms with Crippen LogP contribution < -0.4 is 10.6 Å². The van der Waals surface area contributed by atoms with Crippen LogP contribution in [-0.2, 0) is 14.3 Å². The number of nitrogens with one attached hydrogen (secondary N) is 2. The van der Waals surface area contributed by atoms with Gasteiger partial charge in [0.05, 0.1) is 5.41 Å². The Hall–Kier alpha value is -3.35. The minimum atomic E-state index is -0.731. The summed E-state index contributed by atoms with van der Waals surface area (Å²) in [5.41, 5.74) is 4.13. The zero-order valence-electron chi connectivity index (χ0n) is 18.8. The average molecular weight is 461 g/mol. The Morgan fingerprint density at radius 1 is 0.882 bits per heavy atom. The zero-order chi connectivity index (χ0) is 23.4. The molecule has 0 spiro atoms. The predicted molar refractivity (Wildman–Crippen MR) is 124 cm³/mol. The van der Waals surface area contributed by atoms with Crippen molar-refractivity contribution in [2.75, 3.05) is 6.61 Å². The van der Waals surface area contributed by atoms with E-state index in [-0.39, 0.29) is 42.4 Å². The molecule has 0 bridgehead atoms. The van der Waals surface area contributed by atoms with Gasteiger partial charge in [0.15, 0.2) is 0 Å². The molecule has 2 aromatic rings. The van der Waals surface area contributed by atoms with Gasteiger partial charge in [-0.2, -0.15) is 0 Å². The second kappa shape index (κ2) is 7.86. The monoisotopic (exact) mass is 460 g/mol. The van der Waals surface area contributed by atoms with Crippen molar-refractivity contribution < 1.29 is 24.2 Å². The first-order valence-electron chi connectivity index (χ1n) is 12.1. The lowest BCUT2D eigenvalue weighted by Crippen LogP contribution is -2.51. The number of carbonyl (C=O) groups is 3. The van der Waals surface area contributed by atoms with Crippen LogP contribution in [0.25, 0.3) is 11.1 Å². The highest BCUT2D eigenvalue weighted by Crippen LogP contribution is 2.63. The molecular weight excluding hydrogens is 432 g/mol. The molecule has 176 valence electrons. The number of rotatable bonds is 6. The van der Waals surface area contributed by atoms with Crippen LogP contribution in [0, 0.1) is 17.3 Å². The fourth-order valence-electron chi connectivity index (χ4n) is 6.34. The molecule has 4 aliphatic rings. The molecule has 0 unspecified atom stereocenters. The number of aliphatic carboxylic acids is 1. The van der Waals surface area contributed by atoms with E-state index in [4.69, 9.17) is 4.74 Å². The molecule has 7 nitrogen and oxygen atoms in total. The standard InChI is InChI=1S/C27H28N2O5/c30-24(28-18-11-16-12-27(16,13-18)25(31)32)15-9-17(10-15)29-26(33)34-14-23-21-7-3-1-5-19(21)20-6-2-4-8-22(20)23/h1-8,15-18,23H,9-14H2,(H,28,30)(H,29,33)(H,31,32)/t15?,16-,17?,18+,27+/m1/s1. The number of hydrogen-bond donors (Lipinski definition) is 3. The van der Waals surface area contributed by atoms with E-state index < -0.39 is 17.5 Å². The second-order valence-electron chi connectivity index (χ2n) is 10.3. The Bertz CT molecular complexity index is 1130. The van der Waals surface area contributed by atoms with Crippen molar-refractivity contribution in [3.63, 3.8) is 0 Å². The van der Waals surface area contributed by atoms with Crippen LogP contribution in [0.15, 0.2) is 48.5 Å². The second-order valence-corrected chi connectivity index (χ2v) is 10.3. The molecule has 0 radical (unpaired) electrons. The first kappa shape index (κ1) is 21.2. The SMILES string of the molecule is O=C(NC1CC(C(=O)N[C@H]2C[C@@H]3C[C@]3(C(=O)O)C2)C1)OCC1c2ccccc2-c2ccccc21. The molecule has 3 fully saturated rings. The molecule has 34 heavy (non-hydrogen) atoms. The first-order valence-corrected chi connectivity index (χ1v) is 12.1. The molecule has 0 aliphatic heterocycles.